The van der Waals surface area contributed by atoms with Gasteiger partial charge in [-0.15, -0.1) is 11.3 Å². The molecule has 0 aliphatic heterocycles. The fraction of sp³-hybridized carbons (Fsp3) is 0.250. The molecule has 19 heavy (non-hydrogen) atoms. The normalized spacial score (nSPS) is 11.3. The number of aromatic nitrogens is 4. The van der Waals surface area contributed by atoms with E-state index in [2.05, 4.69) is 31.0 Å². The Morgan fingerprint density at radius 3 is 2.84 bits per heavy atom. The molecule has 5 nitrogen and oxygen atoms in total. The van der Waals surface area contributed by atoms with Gasteiger partial charge in [-0.05, 0) is 41.2 Å². The summed E-state index contributed by atoms with van der Waals surface area (Å²) in [5, 5.41) is 7.35. The van der Waals surface area contributed by atoms with Crippen LogP contribution in [0.2, 0.25) is 0 Å². The summed E-state index contributed by atoms with van der Waals surface area (Å²) >= 11 is 5.08. The molecule has 0 aliphatic carbocycles. The smallest absolute Gasteiger partial charge is 0.153 e. The maximum Gasteiger partial charge on any atom is 0.153 e. The zero-order chi connectivity index (χ0) is 13.6. The zero-order valence-corrected chi connectivity index (χ0v) is 12.9. The Morgan fingerprint density at radius 1 is 1.37 bits per heavy atom. The first-order valence-corrected chi connectivity index (χ1v) is 7.42. The molecule has 3 aromatic heterocycles. The molecule has 0 saturated heterocycles. The maximum atomic E-state index is 5.94. The minimum atomic E-state index is 0.524. The molecule has 0 radical (unpaired) electrons. The first kappa shape index (κ1) is 12.6. The number of hydrogen-bond acceptors (Lipinski definition) is 5. The number of nitrogens with zero attached hydrogens (tertiary/aromatic N) is 4. The third kappa shape index (κ3) is 2.12. The zero-order valence-electron chi connectivity index (χ0n) is 10.5. The minimum absolute atomic E-state index is 0.524. The molecule has 0 atom stereocenters. The molecule has 0 saturated carbocycles. The van der Waals surface area contributed by atoms with E-state index in [4.69, 9.17) is 5.73 Å². The predicted octanol–water partition coefficient (Wildman–Crippen LogP) is 2.90. The fourth-order valence-corrected chi connectivity index (χ4v) is 3.03. The highest BCUT2D eigenvalue weighted by atomic mass is 79.9. The second-order valence-corrected chi connectivity index (χ2v) is 5.99. The van der Waals surface area contributed by atoms with Crippen molar-refractivity contribution in [3.05, 3.63) is 33.1 Å². The summed E-state index contributed by atoms with van der Waals surface area (Å²) in [5.41, 5.74) is 7.97. The van der Waals surface area contributed by atoms with E-state index in [1.807, 2.05) is 30.0 Å². The SMILES string of the molecule is Cc1nn(Cc2nc(N)c3ccsc3n2)c(C)c1Br. The van der Waals surface area contributed by atoms with Gasteiger partial charge in [0.15, 0.2) is 5.82 Å². The highest BCUT2D eigenvalue weighted by Gasteiger charge is 2.12. The summed E-state index contributed by atoms with van der Waals surface area (Å²) in [5.74, 6) is 1.22. The van der Waals surface area contributed by atoms with Crippen LogP contribution in [0.15, 0.2) is 15.9 Å². The second-order valence-electron chi connectivity index (χ2n) is 4.31. The van der Waals surface area contributed by atoms with E-state index in [1.165, 1.54) is 0 Å². The van der Waals surface area contributed by atoms with Crippen LogP contribution in [0.3, 0.4) is 0 Å². The number of nitrogen functional groups attached to an aromatic ring is 1. The lowest BCUT2D eigenvalue weighted by Crippen LogP contribution is -2.09. The van der Waals surface area contributed by atoms with Gasteiger partial charge in [0.1, 0.15) is 17.2 Å². The van der Waals surface area contributed by atoms with Gasteiger partial charge in [0.25, 0.3) is 0 Å². The van der Waals surface area contributed by atoms with Crippen LogP contribution in [-0.2, 0) is 6.54 Å². The lowest BCUT2D eigenvalue weighted by molar-refractivity contribution is 0.635. The van der Waals surface area contributed by atoms with Crippen LogP contribution in [-0.4, -0.2) is 19.7 Å². The van der Waals surface area contributed by atoms with Crippen LogP contribution in [0.1, 0.15) is 17.2 Å². The molecule has 0 amide bonds. The third-order valence-electron chi connectivity index (χ3n) is 2.99. The fourth-order valence-electron chi connectivity index (χ4n) is 1.96. The van der Waals surface area contributed by atoms with E-state index >= 15 is 0 Å². The van der Waals surface area contributed by atoms with Gasteiger partial charge in [-0.2, -0.15) is 5.10 Å². The number of fused-ring (bicyclic) bond motifs is 1. The highest BCUT2D eigenvalue weighted by Crippen LogP contribution is 2.24. The Morgan fingerprint density at radius 2 is 2.16 bits per heavy atom. The first-order valence-electron chi connectivity index (χ1n) is 5.75. The number of nitrogens with two attached hydrogens (primary N) is 1. The van der Waals surface area contributed by atoms with Crippen LogP contribution in [0.25, 0.3) is 10.2 Å². The van der Waals surface area contributed by atoms with Gasteiger partial charge in [0.05, 0.1) is 21.2 Å². The number of halogens is 1. The van der Waals surface area contributed by atoms with Gasteiger partial charge >= 0.3 is 0 Å². The average Bonchev–Trinajstić information content (AvgIpc) is 2.92. The van der Waals surface area contributed by atoms with E-state index in [0.717, 1.165) is 26.1 Å². The molecule has 0 bridgehead atoms. The second kappa shape index (κ2) is 4.57. The molecule has 0 aromatic carbocycles. The predicted molar refractivity (Wildman–Crippen MR) is 80.3 cm³/mol. The van der Waals surface area contributed by atoms with Crippen molar-refractivity contribution in [1.82, 2.24) is 19.7 Å². The molecule has 3 aromatic rings. The Labute approximate surface area is 122 Å². The molecule has 0 aliphatic rings. The van der Waals surface area contributed by atoms with E-state index in [-0.39, 0.29) is 0 Å². The quantitative estimate of drug-likeness (QED) is 0.780. The van der Waals surface area contributed by atoms with E-state index < -0.39 is 0 Å². The number of anilines is 1. The van der Waals surface area contributed by atoms with Crippen LogP contribution in [0.4, 0.5) is 5.82 Å². The monoisotopic (exact) mass is 337 g/mol. The summed E-state index contributed by atoms with van der Waals surface area (Å²) < 4.78 is 2.91. The molecule has 98 valence electrons. The van der Waals surface area contributed by atoms with Crippen molar-refractivity contribution in [1.29, 1.82) is 0 Å². The number of hydrogen-bond donors (Lipinski definition) is 1. The molecule has 7 heteroatoms. The van der Waals surface area contributed by atoms with Crippen LogP contribution in [0.5, 0.6) is 0 Å². The average molecular weight is 338 g/mol. The van der Waals surface area contributed by atoms with E-state index in [0.29, 0.717) is 18.2 Å². The molecule has 0 unspecified atom stereocenters. The Hall–Kier alpha value is -1.47. The number of aryl methyl sites for hydroxylation is 1. The topological polar surface area (TPSA) is 69.6 Å². The minimum Gasteiger partial charge on any atom is -0.383 e. The number of rotatable bonds is 2. The standard InChI is InChI=1S/C12H12BrN5S/c1-6-10(13)7(2)18(17-6)5-9-15-11(14)8-3-4-19-12(8)16-9/h3-4H,5H2,1-2H3,(H2,14,15,16). The van der Waals surface area contributed by atoms with Crippen molar-refractivity contribution in [2.75, 3.05) is 5.73 Å². The molecule has 2 N–H and O–H groups in total. The Bertz CT molecular complexity index is 761. The van der Waals surface area contributed by atoms with Crippen LogP contribution < -0.4 is 5.73 Å². The lowest BCUT2D eigenvalue weighted by Gasteiger charge is -2.05. The molecule has 3 rings (SSSR count). The highest BCUT2D eigenvalue weighted by molar-refractivity contribution is 9.10. The lowest BCUT2D eigenvalue weighted by atomic mass is 10.3. The van der Waals surface area contributed by atoms with Gasteiger partial charge in [-0.3, -0.25) is 4.68 Å². The van der Waals surface area contributed by atoms with Gasteiger partial charge in [0, 0.05) is 0 Å². The number of thiophene rings is 1. The van der Waals surface area contributed by atoms with Gasteiger partial charge in [0.2, 0.25) is 0 Å². The van der Waals surface area contributed by atoms with Gasteiger partial charge in [-0.25, -0.2) is 9.97 Å². The summed E-state index contributed by atoms with van der Waals surface area (Å²) in [6, 6.07) is 1.94. The van der Waals surface area contributed by atoms with Crippen molar-refractivity contribution >= 4 is 43.3 Å². The summed E-state index contributed by atoms with van der Waals surface area (Å²) in [6.07, 6.45) is 0. The summed E-state index contributed by atoms with van der Waals surface area (Å²) in [7, 11) is 0. The van der Waals surface area contributed by atoms with E-state index in [1.54, 1.807) is 11.3 Å². The van der Waals surface area contributed by atoms with Crippen molar-refractivity contribution in [3.63, 3.8) is 0 Å². The third-order valence-corrected chi connectivity index (χ3v) is 4.94. The summed E-state index contributed by atoms with van der Waals surface area (Å²) in [6.45, 7) is 4.50. The largest absolute Gasteiger partial charge is 0.383 e. The Balaban J connectivity index is 2.03. The molecular weight excluding hydrogens is 326 g/mol. The van der Waals surface area contributed by atoms with Crippen LogP contribution in [0, 0.1) is 13.8 Å². The van der Waals surface area contributed by atoms with Crippen molar-refractivity contribution < 1.29 is 0 Å². The molecule has 0 spiro atoms. The van der Waals surface area contributed by atoms with Gasteiger partial charge in [-0.1, -0.05) is 0 Å². The Kier molecular flexibility index (Phi) is 3.02. The first-order chi connectivity index (χ1) is 9.06. The van der Waals surface area contributed by atoms with Crippen molar-refractivity contribution in [2.24, 2.45) is 0 Å². The summed E-state index contributed by atoms with van der Waals surface area (Å²) in [4.78, 5) is 9.79. The van der Waals surface area contributed by atoms with Crippen LogP contribution >= 0.6 is 27.3 Å². The van der Waals surface area contributed by atoms with E-state index in [9.17, 15) is 0 Å². The maximum absolute atomic E-state index is 5.94. The molecule has 0 fully saturated rings. The van der Waals surface area contributed by atoms with Gasteiger partial charge < -0.3 is 5.73 Å². The molecular formula is C12H12BrN5S. The molecule has 3 heterocycles. The van der Waals surface area contributed by atoms with Crippen molar-refractivity contribution in [3.8, 4) is 0 Å². The van der Waals surface area contributed by atoms with Crippen molar-refractivity contribution in [2.45, 2.75) is 20.4 Å².